The Morgan fingerprint density at radius 1 is 1.30 bits per heavy atom. The van der Waals surface area contributed by atoms with E-state index in [4.69, 9.17) is 0 Å². The second-order valence-corrected chi connectivity index (χ2v) is 7.39. The van der Waals surface area contributed by atoms with Crippen molar-refractivity contribution >= 4 is 10.0 Å². The molecule has 0 saturated carbocycles. The molecule has 8 heteroatoms. The minimum atomic E-state index is -3.49. The molecular formula is C15H19FN4O2S. The Morgan fingerprint density at radius 3 is 2.87 bits per heavy atom. The highest BCUT2D eigenvalue weighted by atomic mass is 32.2. The van der Waals surface area contributed by atoms with Crippen LogP contribution in [0.3, 0.4) is 0 Å². The summed E-state index contributed by atoms with van der Waals surface area (Å²) in [6, 6.07) is 7.37. The van der Waals surface area contributed by atoms with Crippen molar-refractivity contribution in [2.24, 2.45) is 0 Å². The Labute approximate surface area is 134 Å². The first kappa shape index (κ1) is 16.1. The zero-order chi connectivity index (χ0) is 16.3. The highest BCUT2D eigenvalue weighted by Gasteiger charge is 2.15. The van der Waals surface area contributed by atoms with Gasteiger partial charge in [0, 0.05) is 13.1 Å². The van der Waals surface area contributed by atoms with Crippen LogP contribution in [0.25, 0.3) is 0 Å². The fourth-order valence-corrected chi connectivity index (χ4v) is 3.64. The standard InChI is InChI=1S/C15H19FN4O2S/c16-13-4-2-12(3-5-13)11-23(21,22)18-9-14-8-15-10-17-6-1-7-20(15)19-14/h2-5,8,17-18H,1,6-7,9-11H2. The van der Waals surface area contributed by atoms with Gasteiger partial charge in [0.2, 0.25) is 10.0 Å². The maximum Gasteiger partial charge on any atom is 0.216 e. The van der Waals surface area contributed by atoms with Crippen molar-refractivity contribution < 1.29 is 12.8 Å². The van der Waals surface area contributed by atoms with Gasteiger partial charge < -0.3 is 5.32 Å². The SMILES string of the molecule is O=S(=O)(Cc1ccc(F)cc1)NCc1cc2n(n1)CCCNC2. The fourth-order valence-electron chi connectivity index (χ4n) is 2.54. The van der Waals surface area contributed by atoms with Gasteiger partial charge in [0.1, 0.15) is 5.82 Å². The number of aromatic nitrogens is 2. The van der Waals surface area contributed by atoms with E-state index in [0.29, 0.717) is 11.3 Å². The van der Waals surface area contributed by atoms with Crippen LogP contribution in [0.5, 0.6) is 0 Å². The molecule has 0 saturated heterocycles. The number of aryl methyl sites for hydroxylation is 1. The van der Waals surface area contributed by atoms with E-state index < -0.39 is 10.0 Å². The van der Waals surface area contributed by atoms with Crippen LogP contribution in [0.1, 0.15) is 23.4 Å². The lowest BCUT2D eigenvalue weighted by atomic mass is 10.2. The maximum atomic E-state index is 12.8. The van der Waals surface area contributed by atoms with Gasteiger partial charge in [-0.25, -0.2) is 17.5 Å². The molecule has 1 aromatic carbocycles. The first-order valence-corrected chi connectivity index (χ1v) is 9.15. The third kappa shape index (κ3) is 4.37. The van der Waals surface area contributed by atoms with Gasteiger partial charge in [-0.15, -0.1) is 0 Å². The van der Waals surface area contributed by atoms with Gasteiger partial charge in [0.25, 0.3) is 0 Å². The molecule has 0 amide bonds. The zero-order valence-corrected chi connectivity index (χ0v) is 13.4. The van der Waals surface area contributed by atoms with Gasteiger partial charge in [0.15, 0.2) is 0 Å². The Morgan fingerprint density at radius 2 is 2.09 bits per heavy atom. The summed E-state index contributed by atoms with van der Waals surface area (Å²) in [6.45, 7) is 2.70. The molecule has 2 aromatic rings. The number of halogens is 1. The van der Waals surface area contributed by atoms with Crippen molar-refractivity contribution in [3.05, 3.63) is 53.1 Å². The van der Waals surface area contributed by atoms with Crippen LogP contribution >= 0.6 is 0 Å². The first-order chi connectivity index (χ1) is 11.0. The largest absolute Gasteiger partial charge is 0.311 e. The van der Waals surface area contributed by atoms with Crippen LogP contribution in [-0.4, -0.2) is 24.7 Å². The lowest BCUT2D eigenvalue weighted by Gasteiger charge is -2.05. The number of nitrogens with one attached hydrogen (secondary N) is 2. The van der Waals surface area contributed by atoms with Crippen molar-refractivity contribution in [2.75, 3.05) is 6.54 Å². The predicted octanol–water partition coefficient (Wildman–Crippen LogP) is 1.14. The van der Waals surface area contributed by atoms with Crippen molar-refractivity contribution in [1.29, 1.82) is 0 Å². The van der Waals surface area contributed by atoms with Crippen molar-refractivity contribution in [1.82, 2.24) is 19.8 Å². The summed E-state index contributed by atoms with van der Waals surface area (Å²) in [6.07, 6.45) is 1.00. The van der Waals surface area contributed by atoms with E-state index in [1.165, 1.54) is 24.3 Å². The maximum absolute atomic E-state index is 12.8. The molecular weight excluding hydrogens is 319 g/mol. The lowest BCUT2D eigenvalue weighted by molar-refractivity contribution is 0.568. The number of rotatable bonds is 5. The molecule has 1 aliphatic rings. The summed E-state index contributed by atoms with van der Waals surface area (Å²) in [5.41, 5.74) is 2.31. The molecule has 0 aliphatic carbocycles. The van der Waals surface area contributed by atoms with Crippen LogP contribution in [0.2, 0.25) is 0 Å². The third-order valence-electron chi connectivity index (χ3n) is 3.69. The third-order valence-corrected chi connectivity index (χ3v) is 4.98. The van der Waals surface area contributed by atoms with Crippen LogP contribution in [-0.2, 0) is 35.4 Å². The van der Waals surface area contributed by atoms with E-state index in [1.54, 1.807) is 0 Å². The van der Waals surface area contributed by atoms with Gasteiger partial charge in [0.05, 0.1) is 23.7 Å². The second-order valence-electron chi connectivity index (χ2n) is 5.59. The number of fused-ring (bicyclic) bond motifs is 1. The highest BCUT2D eigenvalue weighted by molar-refractivity contribution is 7.88. The Kier molecular flexibility index (Phi) is 4.74. The van der Waals surface area contributed by atoms with Gasteiger partial charge in [-0.2, -0.15) is 5.10 Å². The van der Waals surface area contributed by atoms with Crippen LogP contribution < -0.4 is 10.0 Å². The summed E-state index contributed by atoms with van der Waals surface area (Å²) in [5, 5.41) is 7.73. The monoisotopic (exact) mass is 338 g/mol. The molecule has 0 bridgehead atoms. The summed E-state index contributed by atoms with van der Waals surface area (Å²) in [7, 11) is -3.49. The van der Waals surface area contributed by atoms with E-state index in [0.717, 1.165) is 31.7 Å². The molecule has 3 rings (SSSR count). The van der Waals surface area contributed by atoms with Gasteiger partial charge >= 0.3 is 0 Å². The molecule has 6 nitrogen and oxygen atoms in total. The quantitative estimate of drug-likeness (QED) is 0.857. The number of hydrogen-bond donors (Lipinski definition) is 2. The molecule has 1 aromatic heterocycles. The van der Waals surface area contributed by atoms with Crippen LogP contribution in [0.15, 0.2) is 30.3 Å². The second kappa shape index (κ2) is 6.77. The first-order valence-electron chi connectivity index (χ1n) is 7.50. The van der Waals surface area contributed by atoms with E-state index in [9.17, 15) is 12.8 Å². The minimum absolute atomic E-state index is 0.156. The molecule has 0 unspecified atom stereocenters. The highest BCUT2D eigenvalue weighted by Crippen LogP contribution is 2.10. The van der Waals surface area contributed by atoms with Gasteiger partial charge in [-0.05, 0) is 36.7 Å². The van der Waals surface area contributed by atoms with Crippen LogP contribution in [0, 0.1) is 5.82 Å². The normalized spacial score (nSPS) is 15.2. The fraction of sp³-hybridized carbons (Fsp3) is 0.400. The lowest BCUT2D eigenvalue weighted by Crippen LogP contribution is -2.25. The Hall–Kier alpha value is -1.77. The molecule has 0 fully saturated rings. The molecule has 2 N–H and O–H groups in total. The molecule has 124 valence electrons. The average Bonchev–Trinajstić information content (AvgIpc) is 2.77. The smallest absolute Gasteiger partial charge is 0.216 e. The van der Waals surface area contributed by atoms with Gasteiger partial charge in [-0.1, -0.05) is 12.1 Å². The molecule has 0 spiro atoms. The van der Waals surface area contributed by atoms with E-state index in [2.05, 4.69) is 15.1 Å². The summed E-state index contributed by atoms with van der Waals surface area (Å²) in [4.78, 5) is 0. The van der Waals surface area contributed by atoms with E-state index in [1.807, 2.05) is 10.7 Å². The van der Waals surface area contributed by atoms with Crippen molar-refractivity contribution in [3.8, 4) is 0 Å². The number of nitrogens with zero attached hydrogens (tertiary/aromatic N) is 2. The molecule has 2 heterocycles. The number of sulfonamides is 1. The van der Waals surface area contributed by atoms with Crippen molar-refractivity contribution in [3.63, 3.8) is 0 Å². The predicted molar refractivity (Wildman–Crippen MR) is 84.4 cm³/mol. The average molecular weight is 338 g/mol. The molecule has 23 heavy (non-hydrogen) atoms. The summed E-state index contributed by atoms with van der Waals surface area (Å²) < 4.78 is 41.5. The van der Waals surface area contributed by atoms with Crippen molar-refractivity contribution in [2.45, 2.75) is 31.8 Å². The number of hydrogen-bond acceptors (Lipinski definition) is 4. The van der Waals surface area contributed by atoms with Gasteiger partial charge in [-0.3, -0.25) is 4.68 Å². The zero-order valence-electron chi connectivity index (χ0n) is 12.6. The molecule has 0 radical (unpaired) electrons. The Bertz CT molecular complexity index is 748. The number of benzene rings is 1. The topological polar surface area (TPSA) is 76.0 Å². The molecule has 0 atom stereocenters. The van der Waals surface area contributed by atoms with E-state index in [-0.39, 0.29) is 18.1 Å². The minimum Gasteiger partial charge on any atom is -0.311 e. The summed E-state index contributed by atoms with van der Waals surface area (Å²) >= 11 is 0. The Balaban J connectivity index is 1.61. The summed E-state index contributed by atoms with van der Waals surface area (Å²) in [5.74, 6) is -0.560. The molecule has 1 aliphatic heterocycles. The van der Waals surface area contributed by atoms with Crippen LogP contribution in [0.4, 0.5) is 4.39 Å². The van der Waals surface area contributed by atoms with E-state index >= 15 is 0 Å².